The van der Waals surface area contributed by atoms with Gasteiger partial charge in [-0.3, -0.25) is 0 Å². The van der Waals surface area contributed by atoms with E-state index in [9.17, 15) is 9.90 Å². The summed E-state index contributed by atoms with van der Waals surface area (Å²) in [6.07, 6.45) is 3.23. The lowest BCUT2D eigenvalue weighted by atomic mass is 10.1. The summed E-state index contributed by atoms with van der Waals surface area (Å²) < 4.78 is 7.07. The smallest absolute Gasteiger partial charge is 0.372 e. The van der Waals surface area contributed by atoms with Crippen molar-refractivity contribution in [1.29, 1.82) is 0 Å². The van der Waals surface area contributed by atoms with Crippen LogP contribution in [0.4, 0.5) is 0 Å². The molecule has 0 fully saturated rings. The Balaban J connectivity index is 2.14. The normalized spacial score (nSPS) is 11.2. The Morgan fingerprint density at radius 3 is 2.90 bits per heavy atom. The molecule has 4 rings (SSSR count). The van der Waals surface area contributed by atoms with Gasteiger partial charge in [0, 0.05) is 11.6 Å². The Hall–Kier alpha value is -3.15. The van der Waals surface area contributed by atoms with Crippen LogP contribution >= 0.6 is 0 Å². The minimum absolute atomic E-state index is 0.108. The summed E-state index contributed by atoms with van der Waals surface area (Å²) in [5, 5.41) is 14.3. The average Bonchev–Trinajstić information content (AvgIpc) is 3.07. The van der Waals surface area contributed by atoms with Gasteiger partial charge in [-0.1, -0.05) is 18.2 Å². The van der Waals surface area contributed by atoms with E-state index in [1.165, 1.54) is 0 Å². The predicted molar refractivity (Wildman–Crippen MR) is 75.2 cm³/mol. The van der Waals surface area contributed by atoms with Crippen LogP contribution in [0.1, 0.15) is 10.6 Å². The molecule has 0 atom stereocenters. The van der Waals surface area contributed by atoms with Gasteiger partial charge in [0.2, 0.25) is 5.76 Å². The van der Waals surface area contributed by atoms with Crippen molar-refractivity contribution < 1.29 is 14.3 Å². The first-order chi connectivity index (χ1) is 10.3. The summed E-state index contributed by atoms with van der Waals surface area (Å²) in [6.45, 7) is 0. The third kappa shape index (κ3) is 1.62. The number of rotatable bonds is 2. The van der Waals surface area contributed by atoms with Crippen LogP contribution in [0, 0.1) is 0 Å². The first-order valence-electron chi connectivity index (χ1n) is 6.29. The molecule has 0 aliphatic heterocycles. The highest BCUT2D eigenvalue weighted by Crippen LogP contribution is 2.34. The molecular formula is C15H9N3O3. The van der Waals surface area contributed by atoms with E-state index in [1.54, 1.807) is 41.2 Å². The minimum Gasteiger partial charge on any atom is -0.475 e. The summed E-state index contributed by atoms with van der Waals surface area (Å²) in [5.74, 6) is -1.23. The van der Waals surface area contributed by atoms with Crippen molar-refractivity contribution in [3.8, 4) is 11.3 Å². The van der Waals surface area contributed by atoms with Crippen molar-refractivity contribution in [2.45, 2.75) is 0 Å². The van der Waals surface area contributed by atoms with Gasteiger partial charge in [-0.25, -0.2) is 14.3 Å². The number of carboxylic acid groups (broad SMARTS) is 1. The Morgan fingerprint density at radius 2 is 2.05 bits per heavy atom. The van der Waals surface area contributed by atoms with Crippen LogP contribution in [0.15, 0.2) is 53.2 Å². The zero-order chi connectivity index (χ0) is 14.4. The van der Waals surface area contributed by atoms with Gasteiger partial charge in [0.15, 0.2) is 5.65 Å². The number of aromatic nitrogens is 3. The van der Waals surface area contributed by atoms with Crippen LogP contribution in [0.5, 0.6) is 0 Å². The number of imidazole rings is 1. The van der Waals surface area contributed by atoms with Gasteiger partial charge in [-0.15, -0.1) is 0 Å². The molecule has 0 bridgehead atoms. The lowest BCUT2D eigenvalue weighted by Crippen LogP contribution is -1.99. The van der Waals surface area contributed by atoms with Gasteiger partial charge in [-0.2, -0.15) is 5.10 Å². The van der Waals surface area contributed by atoms with Gasteiger partial charge in [-0.05, 0) is 18.2 Å². The maximum absolute atomic E-state index is 11.5. The number of benzene rings is 1. The van der Waals surface area contributed by atoms with Crippen molar-refractivity contribution in [3.63, 3.8) is 0 Å². The molecule has 0 spiro atoms. The average molecular weight is 279 g/mol. The monoisotopic (exact) mass is 279 g/mol. The van der Waals surface area contributed by atoms with Crippen LogP contribution in [-0.2, 0) is 0 Å². The molecule has 21 heavy (non-hydrogen) atoms. The maximum Gasteiger partial charge on any atom is 0.372 e. The van der Waals surface area contributed by atoms with Gasteiger partial charge >= 0.3 is 5.97 Å². The first-order valence-corrected chi connectivity index (χ1v) is 6.29. The lowest BCUT2D eigenvalue weighted by Gasteiger charge is -1.99. The van der Waals surface area contributed by atoms with Crippen LogP contribution < -0.4 is 0 Å². The number of para-hydroxylation sites is 1. The molecule has 6 nitrogen and oxygen atoms in total. The molecule has 0 saturated carbocycles. The molecule has 0 aliphatic rings. The van der Waals surface area contributed by atoms with Crippen molar-refractivity contribution >= 4 is 22.6 Å². The van der Waals surface area contributed by atoms with Crippen molar-refractivity contribution in [2.75, 3.05) is 0 Å². The summed E-state index contributed by atoms with van der Waals surface area (Å²) >= 11 is 0. The summed E-state index contributed by atoms with van der Waals surface area (Å²) in [4.78, 5) is 15.7. The summed E-state index contributed by atoms with van der Waals surface area (Å²) in [5.41, 5.74) is 2.25. The zero-order valence-corrected chi connectivity index (χ0v) is 10.7. The van der Waals surface area contributed by atoms with Crippen LogP contribution in [0.2, 0.25) is 0 Å². The second-order valence-electron chi connectivity index (χ2n) is 4.54. The van der Waals surface area contributed by atoms with E-state index in [4.69, 9.17) is 4.42 Å². The minimum atomic E-state index is -1.12. The van der Waals surface area contributed by atoms with E-state index in [0.717, 1.165) is 5.39 Å². The van der Waals surface area contributed by atoms with Crippen molar-refractivity contribution in [3.05, 3.63) is 54.6 Å². The third-order valence-corrected chi connectivity index (χ3v) is 3.32. The largest absolute Gasteiger partial charge is 0.475 e. The van der Waals surface area contributed by atoms with E-state index in [1.807, 2.05) is 12.1 Å². The molecule has 6 heteroatoms. The number of hydrogen-bond donors (Lipinski definition) is 1. The van der Waals surface area contributed by atoms with Gasteiger partial charge in [0.25, 0.3) is 0 Å². The molecular weight excluding hydrogens is 270 g/mol. The molecule has 0 unspecified atom stereocenters. The first kappa shape index (κ1) is 11.7. The predicted octanol–water partition coefficient (Wildman–Crippen LogP) is 2.84. The van der Waals surface area contributed by atoms with Gasteiger partial charge in [0.1, 0.15) is 5.58 Å². The Kier molecular flexibility index (Phi) is 2.32. The van der Waals surface area contributed by atoms with Crippen LogP contribution in [-0.4, -0.2) is 25.7 Å². The highest BCUT2D eigenvalue weighted by molar-refractivity contribution is 6.05. The third-order valence-electron chi connectivity index (χ3n) is 3.32. The molecule has 1 aromatic carbocycles. The molecule has 0 amide bonds. The molecule has 102 valence electrons. The number of hydrogen-bond acceptors (Lipinski definition) is 4. The molecule has 0 radical (unpaired) electrons. The number of aromatic carboxylic acids is 1. The van der Waals surface area contributed by atoms with Crippen LogP contribution in [0.3, 0.4) is 0 Å². The quantitative estimate of drug-likeness (QED) is 0.610. The Morgan fingerprint density at radius 1 is 1.19 bits per heavy atom. The topological polar surface area (TPSA) is 80.6 Å². The van der Waals surface area contributed by atoms with E-state index < -0.39 is 5.97 Å². The van der Waals surface area contributed by atoms with E-state index in [2.05, 4.69) is 10.1 Å². The maximum atomic E-state index is 11.5. The Labute approximate surface area is 118 Å². The highest BCUT2D eigenvalue weighted by atomic mass is 16.4. The molecule has 1 N–H and O–H groups in total. The molecule has 3 aromatic heterocycles. The fraction of sp³-hybridized carbons (Fsp3) is 0. The van der Waals surface area contributed by atoms with Gasteiger partial charge in [0.05, 0.1) is 17.5 Å². The van der Waals surface area contributed by atoms with E-state index in [0.29, 0.717) is 22.5 Å². The lowest BCUT2D eigenvalue weighted by molar-refractivity contribution is 0.0666. The standard InChI is InChI=1S/C15H9N3O3/c19-15(20)14-13(9-4-1-2-5-11(9)21-14)10-8-16-12-6-3-7-17-18(10)12/h1-8H,(H,19,20). The molecule has 3 heterocycles. The Bertz CT molecular complexity index is 984. The summed E-state index contributed by atoms with van der Waals surface area (Å²) in [6, 6.07) is 10.8. The van der Waals surface area contributed by atoms with E-state index >= 15 is 0 Å². The fourth-order valence-corrected chi connectivity index (χ4v) is 2.45. The summed E-state index contributed by atoms with van der Waals surface area (Å²) in [7, 11) is 0. The second-order valence-corrected chi connectivity index (χ2v) is 4.54. The molecule has 0 saturated heterocycles. The number of furan rings is 1. The number of carboxylic acids is 1. The molecule has 4 aromatic rings. The van der Waals surface area contributed by atoms with Crippen molar-refractivity contribution in [1.82, 2.24) is 14.6 Å². The van der Waals surface area contributed by atoms with Gasteiger partial charge < -0.3 is 9.52 Å². The number of nitrogens with zero attached hydrogens (tertiary/aromatic N) is 3. The number of carbonyl (C=O) groups is 1. The van der Waals surface area contributed by atoms with Crippen LogP contribution in [0.25, 0.3) is 27.9 Å². The van der Waals surface area contributed by atoms with E-state index in [-0.39, 0.29) is 5.76 Å². The second kappa shape index (κ2) is 4.17. The zero-order valence-electron chi connectivity index (χ0n) is 10.7. The number of fused-ring (bicyclic) bond motifs is 2. The molecule has 0 aliphatic carbocycles. The SMILES string of the molecule is O=C(O)c1oc2ccccc2c1-c1cnc2cccnn12. The fourth-order valence-electron chi connectivity index (χ4n) is 2.45. The highest BCUT2D eigenvalue weighted by Gasteiger charge is 2.23. The van der Waals surface area contributed by atoms with Crippen molar-refractivity contribution in [2.24, 2.45) is 0 Å².